The molecule has 0 rings (SSSR count). The van der Waals surface area contributed by atoms with Crippen LogP contribution >= 0.6 is 0 Å². The van der Waals surface area contributed by atoms with Crippen LogP contribution in [0.4, 0.5) is 0 Å². The molecule has 0 aromatic heterocycles. The number of hydrogen-bond acceptors (Lipinski definition) is 3. The molecule has 0 spiro atoms. The number of sulfonamides is 1. The number of nitrogens with one attached hydrogen (secondary N) is 1. The Morgan fingerprint density at radius 1 is 0.947 bits per heavy atom. The fourth-order valence-electron chi connectivity index (χ4n) is 1.89. The van der Waals surface area contributed by atoms with Crippen molar-refractivity contribution in [3.05, 3.63) is 0 Å². The van der Waals surface area contributed by atoms with Gasteiger partial charge < -0.3 is 5.32 Å². The monoisotopic (exact) mass is 292 g/mol. The highest BCUT2D eigenvalue weighted by molar-refractivity contribution is 7.89. The lowest BCUT2D eigenvalue weighted by Gasteiger charge is -2.25. The van der Waals surface area contributed by atoms with Gasteiger partial charge in [-0.2, -0.15) is 0 Å². The van der Waals surface area contributed by atoms with E-state index in [2.05, 4.69) is 46.9 Å². The molecule has 0 aliphatic heterocycles. The third-order valence-electron chi connectivity index (χ3n) is 2.66. The van der Waals surface area contributed by atoms with Gasteiger partial charge in [0.25, 0.3) is 0 Å². The second-order valence-corrected chi connectivity index (χ2v) is 8.47. The second-order valence-electron chi connectivity index (χ2n) is 6.38. The minimum Gasteiger partial charge on any atom is -0.314 e. The lowest BCUT2D eigenvalue weighted by atomic mass is 10.2. The molecule has 19 heavy (non-hydrogen) atoms. The minimum atomic E-state index is -3.12. The predicted molar refractivity (Wildman–Crippen MR) is 82.8 cm³/mol. The van der Waals surface area contributed by atoms with Crippen LogP contribution in [0.5, 0.6) is 0 Å². The minimum absolute atomic E-state index is 0.242. The van der Waals surface area contributed by atoms with Crippen LogP contribution in [-0.4, -0.2) is 44.2 Å². The molecule has 0 aliphatic rings. The lowest BCUT2D eigenvalue weighted by molar-refractivity contribution is 0.333. The molecular formula is C14H32N2O2S. The van der Waals surface area contributed by atoms with Gasteiger partial charge in [-0.25, -0.2) is 12.7 Å². The van der Waals surface area contributed by atoms with Gasteiger partial charge in [0.05, 0.1) is 5.75 Å². The summed E-state index contributed by atoms with van der Waals surface area (Å²) in [4.78, 5) is 0. The van der Waals surface area contributed by atoms with Gasteiger partial charge in [-0.1, -0.05) is 41.5 Å². The van der Waals surface area contributed by atoms with Gasteiger partial charge >= 0.3 is 0 Å². The van der Waals surface area contributed by atoms with Gasteiger partial charge in [0.2, 0.25) is 10.0 Å². The molecule has 0 aromatic carbocycles. The van der Waals surface area contributed by atoms with Gasteiger partial charge in [-0.15, -0.1) is 0 Å². The average molecular weight is 292 g/mol. The van der Waals surface area contributed by atoms with E-state index < -0.39 is 10.0 Å². The lowest BCUT2D eigenvalue weighted by Crippen LogP contribution is -2.39. The number of hydrogen-bond donors (Lipinski definition) is 1. The molecule has 4 nitrogen and oxygen atoms in total. The van der Waals surface area contributed by atoms with Crippen molar-refractivity contribution in [3.8, 4) is 0 Å². The molecule has 0 aliphatic carbocycles. The van der Waals surface area contributed by atoms with Crippen molar-refractivity contribution in [3.63, 3.8) is 0 Å². The van der Waals surface area contributed by atoms with Crippen molar-refractivity contribution in [2.24, 2.45) is 11.8 Å². The van der Waals surface area contributed by atoms with Crippen LogP contribution < -0.4 is 5.32 Å². The first kappa shape index (κ1) is 18.9. The van der Waals surface area contributed by atoms with E-state index in [4.69, 9.17) is 0 Å². The Morgan fingerprint density at radius 3 is 1.79 bits per heavy atom. The zero-order chi connectivity index (χ0) is 15.1. The number of rotatable bonds is 10. The van der Waals surface area contributed by atoms with E-state index in [1.165, 1.54) is 0 Å². The molecule has 1 N–H and O–H groups in total. The van der Waals surface area contributed by atoms with Gasteiger partial charge in [0.15, 0.2) is 0 Å². The molecule has 0 saturated heterocycles. The summed E-state index contributed by atoms with van der Waals surface area (Å²) in [5.74, 6) is 0.969. The molecule has 0 unspecified atom stereocenters. The van der Waals surface area contributed by atoms with Crippen molar-refractivity contribution in [2.45, 2.75) is 54.0 Å². The van der Waals surface area contributed by atoms with Crippen molar-refractivity contribution < 1.29 is 8.42 Å². The Balaban J connectivity index is 4.43. The molecule has 116 valence electrons. The molecule has 0 bridgehead atoms. The predicted octanol–water partition coefficient (Wildman–Crippen LogP) is 2.32. The molecule has 0 aromatic rings. The Bertz CT molecular complexity index is 314. The van der Waals surface area contributed by atoms with Crippen LogP contribution in [0.2, 0.25) is 0 Å². The van der Waals surface area contributed by atoms with Crippen molar-refractivity contribution in [1.82, 2.24) is 9.62 Å². The summed E-state index contributed by atoms with van der Waals surface area (Å²) in [5.41, 5.74) is 0. The summed E-state index contributed by atoms with van der Waals surface area (Å²) in [6.45, 7) is 14.4. The molecule has 0 heterocycles. The molecule has 0 atom stereocenters. The van der Waals surface area contributed by atoms with Gasteiger partial charge in [0, 0.05) is 19.1 Å². The van der Waals surface area contributed by atoms with Crippen LogP contribution in [0.25, 0.3) is 0 Å². The van der Waals surface area contributed by atoms with Crippen molar-refractivity contribution >= 4 is 10.0 Å². The average Bonchev–Trinajstić information content (AvgIpc) is 2.22. The normalized spacial score (nSPS) is 13.2. The van der Waals surface area contributed by atoms with E-state index in [1.54, 1.807) is 4.31 Å². The van der Waals surface area contributed by atoms with Gasteiger partial charge in [0.1, 0.15) is 0 Å². The maximum Gasteiger partial charge on any atom is 0.214 e. The first-order chi connectivity index (χ1) is 8.65. The van der Waals surface area contributed by atoms with Crippen LogP contribution in [0.15, 0.2) is 0 Å². The van der Waals surface area contributed by atoms with E-state index in [1.807, 2.05) is 0 Å². The summed E-state index contributed by atoms with van der Waals surface area (Å²) in [6, 6.07) is 0.408. The highest BCUT2D eigenvalue weighted by Crippen LogP contribution is 2.11. The summed E-state index contributed by atoms with van der Waals surface area (Å²) >= 11 is 0. The zero-order valence-corrected chi connectivity index (χ0v) is 14.3. The summed E-state index contributed by atoms with van der Waals surface area (Å²) in [5, 5.41) is 3.26. The van der Waals surface area contributed by atoms with Crippen LogP contribution in [0.1, 0.15) is 48.0 Å². The van der Waals surface area contributed by atoms with E-state index >= 15 is 0 Å². The Hall–Kier alpha value is -0.130. The quantitative estimate of drug-likeness (QED) is 0.629. The van der Waals surface area contributed by atoms with Crippen LogP contribution in [-0.2, 0) is 10.0 Å². The van der Waals surface area contributed by atoms with Crippen molar-refractivity contribution in [2.75, 3.05) is 25.4 Å². The van der Waals surface area contributed by atoms with Gasteiger partial charge in [-0.3, -0.25) is 0 Å². The smallest absolute Gasteiger partial charge is 0.214 e. The maximum absolute atomic E-state index is 12.3. The van der Waals surface area contributed by atoms with Crippen LogP contribution in [0, 0.1) is 11.8 Å². The first-order valence-electron chi connectivity index (χ1n) is 7.36. The van der Waals surface area contributed by atoms with E-state index in [0.29, 0.717) is 37.4 Å². The standard InChI is InChI=1S/C14H32N2O2S/c1-12(2)10-16(11-13(3)4)19(17,18)9-7-8-15-14(5)6/h12-15H,7-11H2,1-6H3. The molecule has 0 saturated carbocycles. The maximum atomic E-state index is 12.3. The SMILES string of the molecule is CC(C)CN(CC(C)C)S(=O)(=O)CCCNC(C)C. The van der Waals surface area contributed by atoms with E-state index in [0.717, 1.165) is 6.54 Å². The molecule has 0 amide bonds. The summed E-state index contributed by atoms with van der Waals surface area (Å²) in [6.07, 6.45) is 0.674. The Labute approximate surface area is 120 Å². The topological polar surface area (TPSA) is 49.4 Å². The molecular weight excluding hydrogens is 260 g/mol. The molecule has 0 fully saturated rings. The Kier molecular flexibility index (Phi) is 8.86. The fourth-order valence-corrected chi connectivity index (χ4v) is 3.71. The third kappa shape index (κ3) is 9.41. The fraction of sp³-hybridized carbons (Fsp3) is 1.00. The van der Waals surface area contributed by atoms with Crippen molar-refractivity contribution in [1.29, 1.82) is 0 Å². The summed E-state index contributed by atoms with van der Waals surface area (Å²) in [7, 11) is -3.12. The zero-order valence-electron chi connectivity index (χ0n) is 13.4. The first-order valence-corrected chi connectivity index (χ1v) is 8.97. The number of nitrogens with zero attached hydrogens (tertiary/aromatic N) is 1. The molecule has 0 radical (unpaired) electrons. The largest absolute Gasteiger partial charge is 0.314 e. The van der Waals surface area contributed by atoms with Crippen LogP contribution in [0.3, 0.4) is 0 Å². The summed E-state index contributed by atoms with van der Waals surface area (Å²) < 4.78 is 26.4. The van der Waals surface area contributed by atoms with E-state index in [9.17, 15) is 8.42 Å². The highest BCUT2D eigenvalue weighted by atomic mass is 32.2. The second kappa shape index (κ2) is 8.93. The van der Waals surface area contributed by atoms with E-state index in [-0.39, 0.29) is 5.75 Å². The molecule has 5 heteroatoms. The third-order valence-corrected chi connectivity index (χ3v) is 4.55. The highest BCUT2D eigenvalue weighted by Gasteiger charge is 2.23. The van der Waals surface area contributed by atoms with Gasteiger partial charge in [-0.05, 0) is 24.8 Å². The Morgan fingerprint density at radius 2 is 1.42 bits per heavy atom.